The molecule has 0 radical (unpaired) electrons. The Morgan fingerprint density at radius 2 is 0.974 bits per heavy atom. The third kappa shape index (κ3) is 7.74. The summed E-state index contributed by atoms with van der Waals surface area (Å²) in [5.41, 5.74) is 6.12. The van der Waals surface area contributed by atoms with Crippen LogP contribution in [0.2, 0.25) is 0 Å². The van der Waals surface area contributed by atoms with Gasteiger partial charge in [0.2, 0.25) is 0 Å². The average Bonchev–Trinajstić information content (AvgIpc) is 2.98. The van der Waals surface area contributed by atoms with Crippen molar-refractivity contribution < 1.29 is 14.3 Å². The molecule has 0 aromatic heterocycles. The molecule has 4 aromatic rings. The number of hydrogen-bond donors (Lipinski definition) is 0. The van der Waals surface area contributed by atoms with Crippen molar-refractivity contribution in [3.05, 3.63) is 130 Å². The summed E-state index contributed by atoms with van der Waals surface area (Å²) < 4.78 is 10.4. The first-order chi connectivity index (χ1) is 18.6. The Hall–Kier alpha value is -5.53. The van der Waals surface area contributed by atoms with Gasteiger partial charge in [-0.2, -0.15) is 10.5 Å². The first-order valence-corrected chi connectivity index (χ1v) is 11.7. The number of hydrogen-bond acceptors (Lipinski definition) is 7. The van der Waals surface area contributed by atoms with E-state index in [0.717, 1.165) is 33.6 Å². The van der Waals surface area contributed by atoms with Crippen molar-refractivity contribution in [2.75, 3.05) is 0 Å². The van der Waals surface area contributed by atoms with Crippen LogP contribution in [0.15, 0.2) is 107 Å². The normalized spacial score (nSPS) is 10.7. The van der Waals surface area contributed by atoms with Gasteiger partial charge in [0.1, 0.15) is 13.2 Å². The third-order valence-electron chi connectivity index (χ3n) is 5.39. The maximum Gasteiger partial charge on any atom is 0.508 e. The van der Waals surface area contributed by atoms with Crippen LogP contribution in [0.25, 0.3) is 0 Å². The second-order valence-electron chi connectivity index (χ2n) is 8.14. The lowest BCUT2D eigenvalue weighted by molar-refractivity contribution is 0.0446. The Labute approximate surface area is 220 Å². The second-order valence-corrected chi connectivity index (χ2v) is 8.14. The highest BCUT2D eigenvalue weighted by atomic mass is 16.7. The van der Waals surface area contributed by atoms with E-state index in [1.807, 2.05) is 72.8 Å². The van der Waals surface area contributed by atoms with Gasteiger partial charge in [-0.05, 0) is 70.8 Å². The summed E-state index contributed by atoms with van der Waals surface area (Å²) in [6, 6.07) is 33.1. The molecule has 7 heteroatoms. The van der Waals surface area contributed by atoms with Crippen molar-refractivity contribution >= 4 is 30.0 Å². The molecule has 0 unspecified atom stereocenters. The molecular formula is C31H22N4O3. The molecule has 0 spiro atoms. The van der Waals surface area contributed by atoms with E-state index in [9.17, 15) is 4.79 Å². The number of nitrogens with zero attached hydrogens (tertiary/aromatic N) is 4. The van der Waals surface area contributed by atoms with E-state index in [1.54, 1.807) is 36.7 Å². The van der Waals surface area contributed by atoms with Gasteiger partial charge in [0, 0.05) is 12.4 Å². The van der Waals surface area contributed by atoms with Crippen molar-refractivity contribution in [2.24, 2.45) is 9.98 Å². The van der Waals surface area contributed by atoms with Gasteiger partial charge in [0.25, 0.3) is 0 Å². The molecule has 38 heavy (non-hydrogen) atoms. The second kappa shape index (κ2) is 13.0. The van der Waals surface area contributed by atoms with Crippen molar-refractivity contribution in [1.82, 2.24) is 0 Å². The molecule has 0 aliphatic carbocycles. The summed E-state index contributed by atoms with van der Waals surface area (Å²) in [5.74, 6) is 0. The molecule has 0 fully saturated rings. The molecule has 0 aliphatic rings. The molecule has 0 aliphatic heterocycles. The monoisotopic (exact) mass is 498 g/mol. The van der Waals surface area contributed by atoms with Crippen molar-refractivity contribution in [3.8, 4) is 12.1 Å². The Bertz CT molecular complexity index is 1390. The highest BCUT2D eigenvalue weighted by molar-refractivity contribution is 5.82. The van der Waals surface area contributed by atoms with E-state index < -0.39 is 6.16 Å². The van der Waals surface area contributed by atoms with Gasteiger partial charge < -0.3 is 9.47 Å². The van der Waals surface area contributed by atoms with Crippen LogP contribution in [0, 0.1) is 22.7 Å². The average molecular weight is 499 g/mol. The molecule has 0 amide bonds. The Morgan fingerprint density at radius 3 is 1.32 bits per heavy atom. The largest absolute Gasteiger partial charge is 0.508 e. The molecule has 4 aromatic carbocycles. The van der Waals surface area contributed by atoms with Gasteiger partial charge in [-0.1, -0.05) is 48.5 Å². The molecule has 0 heterocycles. The topological polar surface area (TPSA) is 108 Å². The van der Waals surface area contributed by atoms with Gasteiger partial charge in [-0.3, -0.25) is 9.98 Å². The van der Waals surface area contributed by atoms with Crippen LogP contribution in [0.5, 0.6) is 0 Å². The van der Waals surface area contributed by atoms with Crippen molar-refractivity contribution in [1.29, 1.82) is 10.5 Å². The Balaban J connectivity index is 1.20. The molecule has 0 saturated carbocycles. The van der Waals surface area contributed by atoms with Gasteiger partial charge in [-0.25, -0.2) is 4.79 Å². The summed E-state index contributed by atoms with van der Waals surface area (Å²) in [4.78, 5) is 20.8. The molecule has 7 nitrogen and oxygen atoms in total. The van der Waals surface area contributed by atoms with Gasteiger partial charge in [-0.15, -0.1) is 0 Å². The fraction of sp³-hybridized carbons (Fsp3) is 0.0645. The number of aliphatic imine (C=N–C) groups is 2. The standard InChI is InChI=1S/C31H22N4O3/c32-17-23-1-5-25(6-2-23)19-34-29-13-9-27(10-14-29)21-37-31(36)38-22-28-11-15-30(16-12-28)35-20-26-7-3-24(18-33)4-8-26/h1-16,19-20H,21-22H2. The van der Waals surface area contributed by atoms with E-state index in [2.05, 4.69) is 22.1 Å². The fourth-order valence-corrected chi connectivity index (χ4v) is 3.27. The number of carbonyl (C=O) groups excluding carboxylic acids is 1. The summed E-state index contributed by atoms with van der Waals surface area (Å²) in [6.07, 6.45) is 2.69. The van der Waals surface area contributed by atoms with E-state index in [0.29, 0.717) is 11.1 Å². The maximum atomic E-state index is 12.0. The molecule has 184 valence electrons. The van der Waals surface area contributed by atoms with Crippen LogP contribution in [0.1, 0.15) is 33.4 Å². The van der Waals surface area contributed by atoms with E-state index in [1.165, 1.54) is 0 Å². The SMILES string of the molecule is N#Cc1ccc(C=Nc2ccc(COC(=O)OCc3ccc(N=Cc4ccc(C#N)cc4)cc3)cc2)cc1. The molecule has 0 atom stereocenters. The highest BCUT2D eigenvalue weighted by Crippen LogP contribution is 2.16. The van der Waals surface area contributed by atoms with Crippen LogP contribution >= 0.6 is 0 Å². The maximum absolute atomic E-state index is 12.0. The van der Waals surface area contributed by atoms with Crippen molar-refractivity contribution in [2.45, 2.75) is 13.2 Å². The minimum atomic E-state index is -0.754. The molecule has 0 N–H and O–H groups in total. The number of rotatable bonds is 8. The van der Waals surface area contributed by atoms with Crippen LogP contribution in [-0.4, -0.2) is 18.6 Å². The first-order valence-electron chi connectivity index (χ1n) is 11.7. The lowest BCUT2D eigenvalue weighted by atomic mass is 10.1. The van der Waals surface area contributed by atoms with E-state index in [-0.39, 0.29) is 13.2 Å². The van der Waals surface area contributed by atoms with Crippen LogP contribution in [0.3, 0.4) is 0 Å². The number of benzene rings is 4. The quantitative estimate of drug-likeness (QED) is 0.196. The summed E-state index contributed by atoms with van der Waals surface area (Å²) in [7, 11) is 0. The van der Waals surface area contributed by atoms with Crippen molar-refractivity contribution in [3.63, 3.8) is 0 Å². The zero-order chi connectivity index (χ0) is 26.6. The third-order valence-corrected chi connectivity index (χ3v) is 5.39. The summed E-state index contributed by atoms with van der Waals surface area (Å²) in [6.45, 7) is 0.170. The minimum Gasteiger partial charge on any atom is -0.429 e. The highest BCUT2D eigenvalue weighted by Gasteiger charge is 2.06. The fourth-order valence-electron chi connectivity index (χ4n) is 3.27. The van der Waals surface area contributed by atoms with Crippen LogP contribution in [-0.2, 0) is 22.7 Å². The molecule has 0 bridgehead atoms. The number of nitriles is 2. The zero-order valence-corrected chi connectivity index (χ0v) is 20.3. The molecule has 0 saturated heterocycles. The smallest absolute Gasteiger partial charge is 0.429 e. The zero-order valence-electron chi connectivity index (χ0n) is 20.3. The lowest BCUT2D eigenvalue weighted by Crippen LogP contribution is -2.07. The Morgan fingerprint density at radius 1 is 0.605 bits per heavy atom. The van der Waals surface area contributed by atoms with Crippen LogP contribution in [0.4, 0.5) is 16.2 Å². The summed E-state index contributed by atoms with van der Waals surface area (Å²) >= 11 is 0. The molecule has 4 rings (SSSR count). The Kier molecular flexibility index (Phi) is 8.72. The van der Waals surface area contributed by atoms with Gasteiger partial charge >= 0.3 is 6.16 Å². The minimum absolute atomic E-state index is 0.0848. The predicted molar refractivity (Wildman–Crippen MR) is 145 cm³/mol. The first kappa shape index (κ1) is 25.6. The summed E-state index contributed by atoms with van der Waals surface area (Å²) in [5, 5.41) is 17.7. The number of ether oxygens (including phenoxy) is 2. The van der Waals surface area contributed by atoms with Gasteiger partial charge in [0.15, 0.2) is 0 Å². The molecular weight excluding hydrogens is 476 g/mol. The lowest BCUT2D eigenvalue weighted by Gasteiger charge is -2.07. The van der Waals surface area contributed by atoms with E-state index in [4.69, 9.17) is 20.0 Å². The van der Waals surface area contributed by atoms with Gasteiger partial charge in [0.05, 0.1) is 34.6 Å². The number of carbonyl (C=O) groups is 1. The van der Waals surface area contributed by atoms with E-state index >= 15 is 0 Å². The predicted octanol–water partition coefficient (Wildman–Crippen LogP) is 6.78. The van der Waals surface area contributed by atoms with Crippen LogP contribution < -0.4 is 0 Å².